The second-order valence-corrected chi connectivity index (χ2v) is 5.76. The number of piperidine rings is 1. The first-order chi connectivity index (χ1) is 11.1. The van der Waals surface area contributed by atoms with Crippen LogP contribution in [0.3, 0.4) is 0 Å². The van der Waals surface area contributed by atoms with Crippen molar-refractivity contribution in [2.45, 2.75) is 38.5 Å². The molecule has 0 unspecified atom stereocenters. The van der Waals surface area contributed by atoms with E-state index in [1.807, 2.05) is 5.32 Å². The molecule has 7 nitrogen and oxygen atoms in total. The van der Waals surface area contributed by atoms with Crippen LogP contribution in [0.2, 0.25) is 0 Å². The van der Waals surface area contributed by atoms with Crippen molar-refractivity contribution in [3.8, 4) is 0 Å². The summed E-state index contributed by atoms with van der Waals surface area (Å²) in [7, 11) is 0. The van der Waals surface area contributed by atoms with Crippen LogP contribution in [0.1, 0.15) is 30.8 Å². The number of carboxylic acid groups (broad SMARTS) is 1. The summed E-state index contributed by atoms with van der Waals surface area (Å²) in [4.78, 5) is 31.5. The molecule has 1 aliphatic rings. The maximum Gasteiger partial charge on any atom is 0.471 e. The maximum atomic E-state index is 12.5. The number of halogens is 3. The van der Waals surface area contributed by atoms with Gasteiger partial charge in [0.1, 0.15) is 5.82 Å². The number of hydrogen-bond acceptors (Lipinski definition) is 5. The number of anilines is 1. The van der Waals surface area contributed by atoms with Crippen LogP contribution in [-0.2, 0) is 4.79 Å². The molecule has 1 aromatic rings. The van der Waals surface area contributed by atoms with E-state index in [1.54, 1.807) is 18.7 Å². The average molecular weight is 346 g/mol. The molecule has 1 saturated heterocycles. The van der Waals surface area contributed by atoms with Gasteiger partial charge in [-0.15, -0.1) is 0 Å². The number of carboxylic acids is 1. The number of nitrogens with zero attached hydrogens (tertiary/aromatic N) is 3. The van der Waals surface area contributed by atoms with Crippen LogP contribution in [0.15, 0.2) is 12.4 Å². The number of aromatic carboxylic acids is 1. The standard InChI is InChI=1S/C14H17F3N4O3/c1-7-3-4-21(10-6-18-9(5-19-10)12(22)23)8(2)11(7)20-13(24)14(15,16)17/h5-8,11H,3-4H2,1-2H3,(H,20,24)(H,22,23)/t7-,8-,11-/m0/s1. The quantitative estimate of drug-likeness (QED) is 0.860. The smallest absolute Gasteiger partial charge is 0.471 e. The molecule has 2 rings (SSSR count). The molecule has 0 aliphatic carbocycles. The molecule has 0 bridgehead atoms. The molecule has 0 aromatic carbocycles. The van der Waals surface area contributed by atoms with Crippen molar-refractivity contribution < 1.29 is 27.9 Å². The summed E-state index contributed by atoms with van der Waals surface area (Å²) >= 11 is 0. The molecule has 3 atom stereocenters. The first-order valence-electron chi connectivity index (χ1n) is 7.31. The molecule has 1 aliphatic heterocycles. The lowest BCUT2D eigenvalue weighted by atomic mass is 9.87. The van der Waals surface area contributed by atoms with Crippen LogP contribution in [0.5, 0.6) is 0 Å². The Kier molecular flexibility index (Phi) is 4.95. The highest BCUT2D eigenvalue weighted by Gasteiger charge is 2.43. The number of amides is 1. The van der Waals surface area contributed by atoms with E-state index in [2.05, 4.69) is 9.97 Å². The van der Waals surface area contributed by atoms with Gasteiger partial charge in [-0.05, 0) is 19.3 Å². The molecule has 2 heterocycles. The Labute approximate surface area is 135 Å². The molecule has 0 spiro atoms. The van der Waals surface area contributed by atoms with Crippen molar-refractivity contribution in [1.82, 2.24) is 15.3 Å². The molecule has 132 valence electrons. The van der Waals surface area contributed by atoms with Crippen molar-refractivity contribution in [2.24, 2.45) is 5.92 Å². The van der Waals surface area contributed by atoms with Crippen molar-refractivity contribution in [3.05, 3.63) is 18.1 Å². The third-order valence-electron chi connectivity index (χ3n) is 4.16. The minimum Gasteiger partial charge on any atom is -0.476 e. The Balaban J connectivity index is 2.18. The van der Waals surface area contributed by atoms with Crippen molar-refractivity contribution >= 4 is 17.7 Å². The largest absolute Gasteiger partial charge is 0.476 e. The van der Waals surface area contributed by atoms with Crippen molar-refractivity contribution in [1.29, 1.82) is 0 Å². The van der Waals surface area contributed by atoms with Crippen LogP contribution in [0.4, 0.5) is 19.0 Å². The highest BCUT2D eigenvalue weighted by atomic mass is 19.4. The molecule has 1 aromatic heterocycles. The Morgan fingerprint density at radius 1 is 1.29 bits per heavy atom. The number of carbonyl (C=O) groups is 2. The molecule has 2 N–H and O–H groups in total. The molecule has 0 radical (unpaired) electrons. The molecular weight excluding hydrogens is 329 g/mol. The number of carbonyl (C=O) groups excluding carboxylic acids is 1. The lowest BCUT2D eigenvalue weighted by Crippen LogP contribution is -2.59. The number of nitrogens with one attached hydrogen (secondary N) is 1. The summed E-state index contributed by atoms with van der Waals surface area (Å²) in [5.74, 6) is -2.98. The van der Waals surface area contributed by atoms with Gasteiger partial charge in [0.25, 0.3) is 0 Å². The average Bonchev–Trinajstić information content (AvgIpc) is 2.50. The number of hydrogen-bond donors (Lipinski definition) is 2. The van der Waals surface area contributed by atoms with Gasteiger partial charge in [0.15, 0.2) is 5.69 Å². The van der Waals surface area contributed by atoms with Crippen LogP contribution in [-0.4, -0.2) is 51.8 Å². The van der Waals surface area contributed by atoms with Gasteiger partial charge in [0.2, 0.25) is 0 Å². The van der Waals surface area contributed by atoms with E-state index >= 15 is 0 Å². The predicted molar refractivity (Wildman–Crippen MR) is 77.6 cm³/mol. The summed E-state index contributed by atoms with van der Waals surface area (Å²) in [5, 5.41) is 10.9. The van der Waals surface area contributed by atoms with E-state index in [0.29, 0.717) is 18.8 Å². The number of rotatable bonds is 3. The summed E-state index contributed by atoms with van der Waals surface area (Å²) in [6.07, 6.45) is -2.04. The number of aromatic nitrogens is 2. The zero-order valence-electron chi connectivity index (χ0n) is 13.0. The van der Waals surface area contributed by atoms with Crippen LogP contribution < -0.4 is 10.2 Å². The summed E-state index contributed by atoms with van der Waals surface area (Å²) in [6.45, 7) is 3.97. The molecular formula is C14H17F3N4O3. The van der Waals surface area contributed by atoms with Crippen LogP contribution in [0, 0.1) is 5.92 Å². The van der Waals surface area contributed by atoms with Crippen molar-refractivity contribution in [3.63, 3.8) is 0 Å². The van der Waals surface area contributed by atoms with E-state index in [0.717, 1.165) is 6.20 Å². The SMILES string of the molecule is C[C@H]1CCN(c2cnc(C(=O)O)cn2)[C@@H](C)[C@H]1NC(=O)C(F)(F)F. The Morgan fingerprint density at radius 2 is 1.96 bits per heavy atom. The lowest BCUT2D eigenvalue weighted by molar-refractivity contribution is -0.175. The van der Waals surface area contributed by atoms with Crippen LogP contribution in [0.25, 0.3) is 0 Å². The maximum absolute atomic E-state index is 12.5. The fraction of sp³-hybridized carbons (Fsp3) is 0.571. The minimum atomic E-state index is -4.94. The third kappa shape index (κ3) is 3.74. The number of alkyl halides is 3. The highest BCUT2D eigenvalue weighted by Crippen LogP contribution is 2.28. The zero-order chi connectivity index (χ0) is 18.1. The van der Waals surface area contributed by atoms with Gasteiger partial charge in [-0.2, -0.15) is 13.2 Å². The van der Waals surface area contributed by atoms with E-state index in [1.165, 1.54) is 6.20 Å². The van der Waals surface area contributed by atoms with Crippen molar-refractivity contribution in [2.75, 3.05) is 11.4 Å². The molecule has 0 saturated carbocycles. The first-order valence-corrected chi connectivity index (χ1v) is 7.31. The van der Waals surface area contributed by atoms with Gasteiger partial charge >= 0.3 is 18.1 Å². The Hall–Kier alpha value is -2.39. The fourth-order valence-electron chi connectivity index (χ4n) is 2.79. The lowest BCUT2D eigenvalue weighted by Gasteiger charge is -2.43. The van der Waals surface area contributed by atoms with Gasteiger partial charge in [-0.3, -0.25) is 4.79 Å². The van der Waals surface area contributed by atoms with E-state index in [-0.39, 0.29) is 11.6 Å². The molecule has 24 heavy (non-hydrogen) atoms. The van der Waals surface area contributed by atoms with Crippen LogP contribution >= 0.6 is 0 Å². The minimum absolute atomic E-state index is 0.145. The van der Waals surface area contributed by atoms with Gasteiger partial charge in [0, 0.05) is 12.6 Å². The second-order valence-electron chi connectivity index (χ2n) is 5.76. The molecule has 1 fully saturated rings. The van der Waals surface area contributed by atoms with Gasteiger partial charge in [-0.1, -0.05) is 6.92 Å². The topological polar surface area (TPSA) is 95.4 Å². The third-order valence-corrected chi connectivity index (χ3v) is 4.16. The monoisotopic (exact) mass is 346 g/mol. The fourth-order valence-corrected chi connectivity index (χ4v) is 2.79. The predicted octanol–water partition coefficient (Wildman–Crippen LogP) is 1.46. The Bertz CT molecular complexity index is 621. The van der Waals surface area contributed by atoms with E-state index in [4.69, 9.17) is 5.11 Å². The Morgan fingerprint density at radius 3 is 2.46 bits per heavy atom. The molecule has 10 heteroatoms. The highest BCUT2D eigenvalue weighted by molar-refractivity contribution is 5.85. The second kappa shape index (κ2) is 6.62. The molecule has 1 amide bonds. The zero-order valence-corrected chi connectivity index (χ0v) is 13.0. The summed E-state index contributed by atoms with van der Waals surface area (Å²) in [5.41, 5.74) is -0.223. The van der Waals surface area contributed by atoms with Gasteiger partial charge in [0.05, 0.1) is 18.4 Å². The van der Waals surface area contributed by atoms with E-state index < -0.39 is 30.1 Å². The van der Waals surface area contributed by atoms with E-state index in [9.17, 15) is 22.8 Å². The summed E-state index contributed by atoms with van der Waals surface area (Å²) in [6, 6.07) is -1.17. The van der Waals surface area contributed by atoms with Gasteiger partial charge in [-0.25, -0.2) is 14.8 Å². The first kappa shape index (κ1) is 18.0. The normalized spacial score (nSPS) is 24.5. The summed E-state index contributed by atoms with van der Waals surface area (Å²) < 4.78 is 37.5. The van der Waals surface area contributed by atoms with Gasteiger partial charge < -0.3 is 15.3 Å².